The van der Waals surface area contributed by atoms with Crippen LogP contribution in [-0.2, 0) is 4.79 Å². The molecular weight excluding hydrogens is 469 g/mol. The molecule has 2 aromatic carbocycles. The van der Waals surface area contributed by atoms with Crippen LogP contribution in [0, 0.1) is 23.4 Å². The molecule has 0 spiro atoms. The third-order valence-electron chi connectivity index (χ3n) is 5.63. The molecule has 0 heterocycles. The summed E-state index contributed by atoms with van der Waals surface area (Å²) in [6, 6.07) is 6.44. The highest BCUT2D eigenvalue weighted by Crippen LogP contribution is 2.29. The van der Waals surface area contributed by atoms with Crippen LogP contribution in [0.15, 0.2) is 41.4 Å². The monoisotopic (exact) mass is 494 g/mol. The first-order valence-corrected chi connectivity index (χ1v) is 11.3. The van der Waals surface area contributed by atoms with E-state index in [2.05, 4.69) is 15.6 Å². The van der Waals surface area contributed by atoms with E-state index in [0.717, 1.165) is 37.1 Å². The van der Waals surface area contributed by atoms with Gasteiger partial charge in [0.05, 0.1) is 6.04 Å². The summed E-state index contributed by atoms with van der Waals surface area (Å²) < 4.78 is 40.6. The van der Waals surface area contributed by atoms with Crippen molar-refractivity contribution in [2.75, 3.05) is 19.4 Å². The Kier molecular flexibility index (Phi) is 8.55. The number of guanidine groups is 1. The highest BCUT2D eigenvalue weighted by Gasteiger charge is 2.24. The van der Waals surface area contributed by atoms with Crippen molar-refractivity contribution in [1.82, 2.24) is 10.2 Å². The van der Waals surface area contributed by atoms with Crippen LogP contribution >= 0.6 is 11.6 Å². The first-order chi connectivity index (χ1) is 16.1. The van der Waals surface area contributed by atoms with Crippen molar-refractivity contribution in [3.63, 3.8) is 0 Å². The van der Waals surface area contributed by atoms with Crippen molar-refractivity contribution in [2.24, 2.45) is 10.9 Å². The fraction of sp³-hybridized carbons (Fsp3) is 0.375. The van der Waals surface area contributed by atoms with E-state index < -0.39 is 23.4 Å². The molecule has 6 nitrogen and oxygen atoms in total. The summed E-state index contributed by atoms with van der Waals surface area (Å²) in [6.45, 7) is 0. The van der Waals surface area contributed by atoms with Crippen molar-refractivity contribution in [1.29, 1.82) is 0 Å². The summed E-state index contributed by atoms with van der Waals surface area (Å²) >= 11 is 5.92. The number of amides is 2. The highest BCUT2D eigenvalue weighted by atomic mass is 35.5. The number of carbonyl (C=O) groups excluding carboxylic acids is 2. The number of anilines is 1. The van der Waals surface area contributed by atoms with Crippen LogP contribution in [0.4, 0.5) is 18.9 Å². The van der Waals surface area contributed by atoms with Crippen LogP contribution in [0.5, 0.6) is 0 Å². The van der Waals surface area contributed by atoms with Crippen LogP contribution < -0.4 is 10.6 Å². The molecule has 2 N–H and O–H groups in total. The average molecular weight is 495 g/mol. The van der Waals surface area contributed by atoms with Crippen LogP contribution in [-0.4, -0.2) is 42.8 Å². The molecule has 1 aliphatic rings. The van der Waals surface area contributed by atoms with Gasteiger partial charge in [-0.15, -0.1) is 0 Å². The average Bonchev–Trinajstić information content (AvgIpc) is 2.76. The fourth-order valence-corrected chi connectivity index (χ4v) is 3.99. The molecule has 0 unspecified atom stereocenters. The Balaban J connectivity index is 1.76. The largest absolute Gasteiger partial charge is 0.349 e. The normalized spacial score (nSPS) is 18.4. The lowest BCUT2D eigenvalue weighted by Crippen LogP contribution is -2.37. The maximum absolute atomic E-state index is 13.8. The Morgan fingerprint density at radius 1 is 1.03 bits per heavy atom. The molecule has 1 aliphatic carbocycles. The van der Waals surface area contributed by atoms with Gasteiger partial charge in [-0.2, -0.15) is 0 Å². The zero-order valence-electron chi connectivity index (χ0n) is 18.9. The first-order valence-electron chi connectivity index (χ1n) is 10.9. The molecule has 2 amide bonds. The summed E-state index contributed by atoms with van der Waals surface area (Å²) in [4.78, 5) is 30.8. The van der Waals surface area contributed by atoms with Gasteiger partial charge < -0.3 is 10.2 Å². The van der Waals surface area contributed by atoms with E-state index in [4.69, 9.17) is 11.6 Å². The zero-order chi connectivity index (χ0) is 24.8. The van der Waals surface area contributed by atoms with Crippen LogP contribution in [0.2, 0.25) is 5.02 Å². The van der Waals surface area contributed by atoms with Crippen LogP contribution in [0.1, 0.15) is 42.5 Å². The molecule has 0 atom stereocenters. The van der Waals surface area contributed by atoms with Gasteiger partial charge in [-0.3, -0.25) is 14.9 Å². The van der Waals surface area contributed by atoms with Crippen molar-refractivity contribution < 1.29 is 22.8 Å². The number of aliphatic imine (C=N–C) groups is 1. The summed E-state index contributed by atoms with van der Waals surface area (Å²) in [5.41, 5.74) is 0.163. The smallest absolute Gasteiger partial charge is 0.258 e. The third-order valence-corrected chi connectivity index (χ3v) is 5.85. The van der Waals surface area contributed by atoms with E-state index in [1.807, 2.05) is 0 Å². The highest BCUT2D eigenvalue weighted by molar-refractivity contribution is 6.31. The Labute approximate surface area is 201 Å². The van der Waals surface area contributed by atoms with Gasteiger partial charge in [-0.25, -0.2) is 18.2 Å². The number of hydrogen-bond acceptors (Lipinski definition) is 3. The van der Waals surface area contributed by atoms with E-state index in [0.29, 0.717) is 19.3 Å². The summed E-state index contributed by atoms with van der Waals surface area (Å²) in [5.74, 6) is -3.13. The first kappa shape index (κ1) is 25.6. The molecule has 2 aromatic rings. The number of benzene rings is 2. The Morgan fingerprint density at radius 3 is 2.35 bits per heavy atom. The minimum atomic E-state index is -1.15. The fourth-order valence-electron chi connectivity index (χ4n) is 3.77. The number of carbonyl (C=O) groups is 2. The van der Waals surface area contributed by atoms with Gasteiger partial charge in [0.25, 0.3) is 5.91 Å². The number of nitrogens with one attached hydrogen (secondary N) is 2. The third kappa shape index (κ3) is 7.21. The lowest BCUT2D eigenvalue weighted by Gasteiger charge is -2.27. The molecule has 1 fully saturated rings. The van der Waals surface area contributed by atoms with Gasteiger partial charge >= 0.3 is 0 Å². The van der Waals surface area contributed by atoms with Crippen molar-refractivity contribution in [3.05, 3.63) is 64.4 Å². The molecule has 3 rings (SSSR count). The predicted molar refractivity (Wildman–Crippen MR) is 125 cm³/mol. The molecular formula is C24H26ClF3N4O2. The second kappa shape index (κ2) is 11.4. The predicted octanol–water partition coefficient (Wildman–Crippen LogP) is 4.99. The lowest BCUT2D eigenvalue weighted by atomic mass is 9.84. The van der Waals surface area contributed by atoms with E-state index in [1.54, 1.807) is 19.0 Å². The number of hydrogen-bond donors (Lipinski definition) is 2. The lowest BCUT2D eigenvalue weighted by molar-refractivity contribution is -0.129. The SMILES string of the molecule is CN(C)C(=O)CC1CCC(N=C(NC(=O)c2ccc(F)c(F)c2)Nc2cc(F)cc(Cl)c2)CC1. The van der Waals surface area contributed by atoms with E-state index >= 15 is 0 Å². The topological polar surface area (TPSA) is 73.8 Å². The van der Waals surface area contributed by atoms with Gasteiger partial charge in [-0.05, 0) is 68.0 Å². The maximum Gasteiger partial charge on any atom is 0.258 e. The molecule has 0 aliphatic heterocycles. The molecule has 0 radical (unpaired) electrons. The molecule has 0 saturated heterocycles. The van der Waals surface area contributed by atoms with Gasteiger partial charge in [0.2, 0.25) is 11.9 Å². The van der Waals surface area contributed by atoms with Crippen LogP contribution in [0.3, 0.4) is 0 Å². The van der Waals surface area contributed by atoms with Crippen LogP contribution in [0.25, 0.3) is 0 Å². The molecule has 182 valence electrons. The number of halogens is 4. The van der Waals surface area contributed by atoms with Gasteiger partial charge in [0, 0.05) is 36.8 Å². The standard InChI is InChI=1S/C24H26ClF3N4O2/c1-32(2)22(33)9-14-3-6-18(7-4-14)29-24(30-19-12-16(25)11-17(26)13-19)31-23(34)15-5-8-20(27)21(28)10-15/h5,8,10-14,18H,3-4,6-7,9H2,1-2H3,(H2,29,30,31,34). The minimum Gasteiger partial charge on any atom is -0.349 e. The van der Waals surface area contributed by atoms with Crippen molar-refractivity contribution >= 4 is 35.1 Å². The number of nitrogens with zero attached hydrogens (tertiary/aromatic N) is 2. The van der Waals surface area contributed by atoms with E-state index in [9.17, 15) is 22.8 Å². The second-order valence-electron chi connectivity index (χ2n) is 8.51. The van der Waals surface area contributed by atoms with Crippen molar-refractivity contribution in [3.8, 4) is 0 Å². The van der Waals surface area contributed by atoms with Gasteiger partial charge in [0.1, 0.15) is 5.82 Å². The molecule has 0 bridgehead atoms. The number of rotatable bonds is 5. The summed E-state index contributed by atoms with van der Waals surface area (Å²) in [6.07, 6.45) is 3.46. The van der Waals surface area contributed by atoms with Crippen molar-refractivity contribution in [2.45, 2.75) is 38.1 Å². The second-order valence-corrected chi connectivity index (χ2v) is 8.95. The van der Waals surface area contributed by atoms with E-state index in [1.165, 1.54) is 12.1 Å². The summed E-state index contributed by atoms with van der Waals surface area (Å²) in [7, 11) is 3.45. The Bertz CT molecular complexity index is 1070. The van der Waals surface area contributed by atoms with Gasteiger partial charge in [-0.1, -0.05) is 11.6 Å². The maximum atomic E-state index is 13.8. The minimum absolute atomic E-state index is 0.0317. The summed E-state index contributed by atoms with van der Waals surface area (Å²) in [5, 5.41) is 5.57. The van der Waals surface area contributed by atoms with E-state index in [-0.39, 0.29) is 40.1 Å². The molecule has 1 saturated carbocycles. The molecule has 0 aromatic heterocycles. The molecule has 10 heteroatoms. The zero-order valence-corrected chi connectivity index (χ0v) is 19.6. The quantitative estimate of drug-likeness (QED) is 0.454. The Morgan fingerprint density at radius 2 is 1.74 bits per heavy atom. The van der Waals surface area contributed by atoms with Gasteiger partial charge in [0.15, 0.2) is 11.6 Å². The Hall–Kier alpha value is -3.07. The molecule has 34 heavy (non-hydrogen) atoms.